The van der Waals surface area contributed by atoms with E-state index >= 15 is 0 Å². The van der Waals surface area contributed by atoms with Gasteiger partial charge in [-0.25, -0.2) is 9.59 Å². The van der Waals surface area contributed by atoms with Crippen LogP contribution in [0.5, 0.6) is 0 Å². The summed E-state index contributed by atoms with van der Waals surface area (Å²) in [5.74, 6) is -0.528. The van der Waals surface area contributed by atoms with Gasteiger partial charge in [0.25, 0.3) is 0 Å². The highest BCUT2D eigenvalue weighted by molar-refractivity contribution is 6.32. The van der Waals surface area contributed by atoms with Crippen molar-refractivity contribution in [1.29, 1.82) is 0 Å². The molecule has 0 bridgehead atoms. The smallest absolute Gasteiger partial charge is 0.336 e. The predicted molar refractivity (Wildman–Crippen MR) is 103 cm³/mol. The summed E-state index contributed by atoms with van der Waals surface area (Å²) in [5.41, 5.74) is 2.04. The van der Waals surface area contributed by atoms with Crippen molar-refractivity contribution in [3.63, 3.8) is 0 Å². The number of hydrogen-bond acceptors (Lipinski definition) is 4. The van der Waals surface area contributed by atoms with Crippen LogP contribution in [0.3, 0.4) is 0 Å². The first-order chi connectivity index (χ1) is 12.4. The quantitative estimate of drug-likeness (QED) is 0.351. The average molecular weight is 389 g/mol. The molecule has 3 rings (SSSR count). The number of ether oxygens (including phenoxy) is 1. The number of halogens is 2. The molecule has 0 saturated heterocycles. The van der Waals surface area contributed by atoms with Crippen molar-refractivity contribution in [3.8, 4) is 0 Å². The SMILES string of the molecule is Cc1cc2oc(=O)cc(COC(=O)/C=C/c3ccc(Cl)cc3)c2cc1Cl. The third-order valence-corrected chi connectivity index (χ3v) is 4.42. The van der Waals surface area contributed by atoms with Crippen molar-refractivity contribution in [2.24, 2.45) is 0 Å². The molecule has 0 atom stereocenters. The van der Waals surface area contributed by atoms with Crippen LogP contribution in [0.25, 0.3) is 17.0 Å². The Labute approximate surface area is 159 Å². The molecule has 0 N–H and O–H groups in total. The van der Waals surface area contributed by atoms with Gasteiger partial charge in [-0.15, -0.1) is 0 Å². The van der Waals surface area contributed by atoms with E-state index in [0.717, 1.165) is 11.1 Å². The Morgan fingerprint density at radius 3 is 2.62 bits per heavy atom. The fourth-order valence-corrected chi connectivity index (χ4v) is 2.69. The van der Waals surface area contributed by atoms with Gasteiger partial charge in [0.1, 0.15) is 12.2 Å². The van der Waals surface area contributed by atoms with E-state index in [0.29, 0.717) is 26.6 Å². The van der Waals surface area contributed by atoms with Gasteiger partial charge in [-0.2, -0.15) is 0 Å². The Morgan fingerprint density at radius 1 is 1.15 bits per heavy atom. The fraction of sp³-hybridized carbons (Fsp3) is 0.100. The number of carbonyl (C=O) groups excluding carboxylic acids is 1. The topological polar surface area (TPSA) is 56.5 Å². The third kappa shape index (κ3) is 4.34. The Morgan fingerprint density at radius 2 is 1.88 bits per heavy atom. The van der Waals surface area contributed by atoms with Gasteiger partial charge < -0.3 is 9.15 Å². The lowest BCUT2D eigenvalue weighted by Crippen LogP contribution is -2.05. The van der Waals surface area contributed by atoms with Crippen LogP contribution in [0, 0.1) is 6.92 Å². The van der Waals surface area contributed by atoms with Gasteiger partial charge in [0.05, 0.1) is 0 Å². The number of carbonyl (C=O) groups is 1. The molecule has 0 spiro atoms. The number of fused-ring (bicyclic) bond motifs is 1. The molecule has 0 saturated carbocycles. The number of aryl methyl sites for hydroxylation is 1. The molecule has 1 aromatic heterocycles. The third-order valence-electron chi connectivity index (χ3n) is 3.76. The summed E-state index contributed by atoms with van der Waals surface area (Å²) in [4.78, 5) is 23.7. The van der Waals surface area contributed by atoms with Gasteiger partial charge in [-0.1, -0.05) is 35.3 Å². The van der Waals surface area contributed by atoms with E-state index < -0.39 is 11.6 Å². The average Bonchev–Trinajstić information content (AvgIpc) is 2.60. The van der Waals surface area contributed by atoms with Gasteiger partial charge in [-0.3, -0.25) is 0 Å². The Hall–Kier alpha value is -2.56. The molecule has 2 aromatic carbocycles. The Balaban J connectivity index is 1.76. The van der Waals surface area contributed by atoms with Gasteiger partial charge in [0.15, 0.2) is 0 Å². The van der Waals surface area contributed by atoms with Gasteiger partial charge in [0, 0.05) is 33.1 Å². The van der Waals surface area contributed by atoms with E-state index in [1.165, 1.54) is 12.1 Å². The summed E-state index contributed by atoms with van der Waals surface area (Å²) >= 11 is 12.0. The summed E-state index contributed by atoms with van der Waals surface area (Å²) in [6.45, 7) is 1.75. The van der Waals surface area contributed by atoms with Gasteiger partial charge >= 0.3 is 11.6 Å². The molecule has 0 aliphatic rings. The summed E-state index contributed by atoms with van der Waals surface area (Å²) in [5, 5.41) is 1.80. The Kier molecular flexibility index (Phi) is 5.45. The number of hydrogen-bond donors (Lipinski definition) is 0. The second-order valence-electron chi connectivity index (χ2n) is 5.68. The van der Waals surface area contributed by atoms with Crippen molar-refractivity contribution in [2.45, 2.75) is 13.5 Å². The molecule has 0 aliphatic carbocycles. The molecule has 0 radical (unpaired) electrons. The number of esters is 1. The van der Waals surface area contributed by atoms with Crippen LogP contribution in [0.4, 0.5) is 0 Å². The van der Waals surface area contributed by atoms with Crippen LogP contribution in [-0.2, 0) is 16.1 Å². The first-order valence-corrected chi connectivity index (χ1v) is 8.51. The second-order valence-corrected chi connectivity index (χ2v) is 6.52. The zero-order chi connectivity index (χ0) is 18.7. The van der Waals surface area contributed by atoms with Crippen molar-refractivity contribution in [3.05, 3.63) is 85.7 Å². The minimum Gasteiger partial charge on any atom is -0.458 e. The molecular formula is C20H14Cl2O4. The van der Waals surface area contributed by atoms with E-state index in [9.17, 15) is 9.59 Å². The molecule has 0 unspecified atom stereocenters. The molecule has 1 heterocycles. The molecule has 0 fully saturated rings. The maximum Gasteiger partial charge on any atom is 0.336 e. The van der Waals surface area contributed by atoms with Crippen molar-refractivity contribution in [2.75, 3.05) is 0 Å². The minimum atomic E-state index is -0.528. The maximum atomic E-state index is 11.9. The largest absolute Gasteiger partial charge is 0.458 e. The summed E-state index contributed by atoms with van der Waals surface area (Å²) in [7, 11) is 0. The van der Waals surface area contributed by atoms with Crippen LogP contribution >= 0.6 is 23.2 Å². The fourth-order valence-electron chi connectivity index (χ4n) is 2.40. The first-order valence-electron chi connectivity index (χ1n) is 7.75. The summed E-state index contributed by atoms with van der Waals surface area (Å²) < 4.78 is 10.4. The Bertz CT molecular complexity index is 1050. The van der Waals surface area contributed by atoms with Crippen LogP contribution < -0.4 is 5.63 Å². The highest BCUT2D eigenvalue weighted by Crippen LogP contribution is 2.25. The highest BCUT2D eigenvalue weighted by atomic mass is 35.5. The lowest BCUT2D eigenvalue weighted by Gasteiger charge is -2.07. The van der Waals surface area contributed by atoms with Crippen LogP contribution in [0.2, 0.25) is 10.0 Å². The zero-order valence-electron chi connectivity index (χ0n) is 13.8. The number of benzene rings is 2. The lowest BCUT2D eigenvalue weighted by atomic mass is 10.1. The van der Waals surface area contributed by atoms with Crippen LogP contribution in [-0.4, -0.2) is 5.97 Å². The standard InChI is InChI=1S/C20H14Cl2O4/c1-12-8-18-16(10-17(12)22)14(9-20(24)26-18)11-25-19(23)7-4-13-2-5-15(21)6-3-13/h2-10H,11H2,1H3/b7-4+. The van der Waals surface area contributed by atoms with Crippen LogP contribution in [0.1, 0.15) is 16.7 Å². The van der Waals surface area contributed by atoms with Gasteiger partial charge in [-0.05, 0) is 48.4 Å². The lowest BCUT2D eigenvalue weighted by molar-refractivity contribution is -0.138. The first kappa shape index (κ1) is 18.2. The van der Waals surface area contributed by atoms with Crippen molar-refractivity contribution < 1.29 is 13.9 Å². The minimum absolute atomic E-state index is 0.0642. The van der Waals surface area contributed by atoms with Crippen molar-refractivity contribution in [1.82, 2.24) is 0 Å². The normalized spacial score (nSPS) is 11.2. The molecule has 3 aromatic rings. The highest BCUT2D eigenvalue weighted by Gasteiger charge is 2.10. The summed E-state index contributed by atoms with van der Waals surface area (Å²) in [6.07, 6.45) is 2.93. The van der Waals surface area contributed by atoms with Crippen molar-refractivity contribution >= 4 is 46.2 Å². The van der Waals surface area contributed by atoms with Gasteiger partial charge in [0.2, 0.25) is 0 Å². The molecule has 26 heavy (non-hydrogen) atoms. The van der Waals surface area contributed by atoms with E-state index in [2.05, 4.69) is 0 Å². The van der Waals surface area contributed by atoms with Crippen LogP contribution in [0.15, 0.2) is 57.8 Å². The monoisotopic (exact) mass is 388 g/mol. The maximum absolute atomic E-state index is 11.9. The van der Waals surface area contributed by atoms with E-state index in [4.69, 9.17) is 32.4 Å². The zero-order valence-corrected chi connectivity index (χ0v) is 15.3. The van der Waals surface area contributed by atoms with E-state index in [-0.39, 0.29) is 6.61 Å². The molecular weight excluding hydrogens is 375 g/mol. The molecule has 0 amide bonds. The number of rotatable bonds is 4. The van der Waals surface area contributed by atoms with E-state index in [1.54, 1.807) is 42.5 Å². The molecule has 4 nitrogen and oxygen atoms in total. The molecule has 6 heteroatoms. The predicted octanol–water partition coefficient (Wildman–Crippen LogP) is 5.16. The van der Waals surface area contributed by atoms with E-state index in [1.807, 2.05) is 6.92 Å². The second kappa shape index (κ2) is 7.77. The molecule has 132 valence electrons. The summed E-state index contributed by atoms with van der Waals surface area (Å²) in [6, 6.07) is 11.7. The molecule has 0 aliphatic heterocycles.